The number of aromatic nitrogens is 1. The van der Waals surface area contributed by atoms with Crippen molar-refractivity contribution in [2.75, 3.05) is 11.9 Å². The highest BCUT2D eigenvalue weighted by Crippen LogP contribution is 2.25. The van der Waals surface area contributed by atoms with Gasteiger partial charge in [0, 0.05) is 12.7 Å². The van der Waals surface area contributed by atoms with Crippen molar-refractivity contribution < 1.29 is 15.0 Å². The normalized spacial score (nSPS) is 23.1. The van der Waals surface area contributed by atoms with E-state index >= 15 is 0 Å². The van der Waals surface area contributed by atoms with Gasteiger partial charge in [-0.25, -0.2) is 9.78 Å². The van der Waals surface area contributed by atoms with Crippen molar-refractivity contribution in [3.8, 4) is 0 Å². The number of carboxylic acids is 1. The third-order valence-corrected chi connectivity index (χ3v) is 3.69. The van der Waals surface area contributed by atoms with Gasteiger partial charge in [-0.1, -0.05) is 6.42 Å². The fourth-order valence-electron chi connectivity index (χ4n) is 2.65. The smallest absolute Gasteiger partial charge is 0.339 e. The minimum Gasteiger partial charge on any atom is -0.478 e. The molecule has 5 heteroatoms. The van der Waals surface area contributed by atoms with Gasteiger partial charge in [0.05, 0.1) is 6.10 Å². The van der Waals surface area contributed by atoms with Crippen LogP contribution in [0, 0.1) is 12.8 Å². The maximum absolute atomic E-state index is 11.2. The second kappa shape index (κ2) is 6.02. The monoisotopic (exact) mass is 264 g/mol. The summed E-state index contributed by atoms with van der Waals surface area (Å²) in [4.78, 5) is 15.3. The van der Waals surface area contributed by atoms with E-state index in [1.54, 1.807) is 19.2 Å². The van der Waals surface area contributed by atoms with Crippen LogP contribution in [0.1, 0.15) is 41.6 Å². The molecule has 2 unspecified atom stereocenters. The number of hydrogen-bond donors (Lipinski definition) is 3. The van der Waals surface area contributed by atoms with Gasteiger partial charge in [0.15, 0.2) is 0 Å². The summed E-state index contributed by atoms with van der Waals surface area (Å²) in [6, 6.07) is 1.69. The number of carboxylic acid groups (broad SMARTS) is 1. The molecule has 1 fully saturated rings. The highest BCUT2D eigenvalue weighted by molar-refractivity contribution is 5.94. The molecule has 1 aromatic heterocycles. The molecule has 0 bridgehead atoms. The lowest BCUT2D eigenvalue weighted by Gasteiger charge is -2.26. The lowest BCUT2D eigenvalue weighted by Crippen LogP contribution is -2.25. The molecular formula is C14H20N2O3. The van der Waals surface area contributed by atoms with Crippen LogP contribution in [0.25, 0.3) is 0 Å². The fraction of sp³-hybridized carbons (Fsp3) is 0.571. The Balaban J connectivity index is 2.03. The summed E-state index contributed by atoms with van der Waals surface area (Å²) < 4.78 is 0. The third-order valence-electron chi connectivity index (χ3n) is 3.69. The second-order valence-corrected chi connectivity index (χ2v) is 5.22. The molecule has 1 aliphatic rings. The molecule has 0 aliphatic heterocycles. The van der Waals surface area contributed by atoms with Crippen LogP contribution in [-0.4, -0.2) is 33.8 Å². The van der Waals surface area contributed by atoms with Gasteiger partial charge in [-0.15, -0.1) is 0 Å². The predicted molar refractivity (Wildman–Crippen MR) is 72.4 cm³/mol. The zero-order chi connectivity index (χ0) is 13.8. The summed E-state index contributed by atoms with van der Waals surface area (Å²) in [5.74, 6) is -0.156. The van der Waals surface area contributed by atoms with E-state index in [2.05, 4.69) is 10.3 Å². The van der Waals surface area contributed by atoms with Gasteiger partial charge < -0.3 is 15.5 Å². The van der Waals surface area contributed by atoms with E-state index in [0.717, 1.165) is 25.7 Å². The molecule has 5 nitrogen and oxygen atoms in total. The molecule has 0 spiro atoms. The number of aryl methyl sites for hydroxylation is 1. The van der Waals surface area contributed by atoms with E-state index in [1.807, 2.05) is 0 Å². The van der Waals surface area contributed by atoms with E-state index in [9.17, 15) is 15.0 Å². The first-order valence-corrected chi connectivity index (χ1v) is 6.68. The molecule has 0 radical (unpaired) electrons. The number of nitrogens with one attached hydrogen (secondary N) is 1. The molecule has 2 rings (SSSR count). The van der Waals surface area contributed by atoms with E-state index in [0.29, 0.717) is 23.8 Å². The number of aliphatic hydroxyl groups excluding tert-OH is 1. The summed E-state index contributed by atoms with van der Waals surface area (Å²) in [5, 5.41) is 22.0. The molecule has 2 atom stereocenters. The van der Waals surface area contributed by atoms with Crippen LogP contribution in [0.5, 0.6) is 0 Å². The highest BCUT2D eigenvalue weighted by atomic mass is 16.4. The topological polar surface area (TPSA) is 82.5 Å². The number of carbonyl (C=O) groups is 1. The van der Waals surface area contributed by atoms with Crippen LogP contribution in [0.2, 0.25) is 0 Å². The molecule has 1 aromatic rings. The standard InChI is InChI=1S/C14H20N2O3/c1-9-5-6-15-13(12(9)14(18)19)16-8-10-3-2-4-11(17)7-10/h5-6,10-11,17H,2-4,7-8H2,1H3,(H,15,16)(H,18,19). The van der Waals surface area contributed by atoms with Gasteiger partial charge in [0.2, 0.25) is 0 Å². The summed E-state index contributed by atoms with van der Waals surface area (Å²) in [6.07, 6.45) is 5.14. The van der Waals surface area contributed by atoms with Gasteiger partial charge in [0.25, 0.3) is 0 Å². The average molecular weight is 264 g/mol. The van der Waals surface area contributed by atoms with Crippen LogP contribution >= 0.6 is 0 Å². The molecule has 104 valence electrons. The van der Waals surface area contributed by atoms with Gasteiger partial charge in [-0.3, -0.25) is 0 Å². The molecule has 3 N–H and O–H groups in total. The average Bonchev–Trinajstić information content (AvgIpc) is 2.36. The minimum atomic E-state index is -0.961. The van der Waals surface area contributed by atoms with Crippen molar-refractivity contribution in [3.05, 3.63) is 23.4 Å². The van der Waals surface area contributed by atoms with Crippen molar-refractivity contribution in [2.24, 2.45) is 5.92 Å². The number of pyridine rings is 1. The summed E-state index contributed by atoms with van der Waals surface area (Å²) >= 11 is 0. The van der Waals surface area contributed by atoms with E-state index in [4.69, 9.17) is 0 Å². The molecule has 19 heavy (non-hydrogen) atoms. The molecule has 0 saturated heterocycles. The Hall–Kier alpha value is -1.62. The van der Waals surface area contributed by atoms with Gasteiger partial charge in [0.1, 0.15) is 11.4 Å². The van der Waals surface area contributed by atoms with Crippen LogP contribution in [0.3, 0.4) is 0 Å². The van der Waals surface area contributed by atoms with E-state index in [1.165, 1.54) is 0 Å². The summed E-state index contributed by atoms with van der Waals surface area (Å²) in [5.41, 5.74) is 0.938. The Morgan fingerprint density at radius 3 is 3.00 bits per heavy atom. The SMILES string of the molecule is Cc1ccnc(NCC2CCCC(O)C2)c1C(=O)O. The number of anilines is 1. The van der Waals surface area contributed by atoms with Gasteiger partial charge in [-0.2, -0.15) is 0 Å². The summed E-state index contributed by atoms with van der Waals surface area (Å²) in [7, 11) is 0. The van der Waals surface area contributed by atoms with Crippen molar-refractivity contribution in [1.29, 1.82) is 0 Å². The fourth-order valence-corrected chi connectivity index (χ4v) is 2.65. The van der Waals surface area contributed by atoms with Crippen molar-refractivity contribution >= 4 is 11.8 Å². The lowest BCUT2D eigenvalue weighted by molar-refractivity contribution is 0.0696. The minimum absolute atomic E-state index is 0.218. The van der Waals surface area contributed by atoms with Crippen molar-refractivity contribution in [1.82, 2.24) is 4.98 Å². The second-order valence-electron chi connectivity index (χ2n) is 5.22. The van der Waals surface area contributed by atoms with Gasteiger partial charge >= 0.3 is 5.97 Å². The van der Waals surface area contributed by atoms with Crippen molar-refractivity contribution in [2.45, 2.75) is 38.7 Å². The van der Waals surface area contributed by atoms with E-state index < -0.39 is 5.97 Å². The molecular weight excluding hydrogens is 244 g/mol. The van der Waals surface area contributed by atoms with Crippen LogP contribution in [-0.2, 0) is 0 Å². The Labute approximate surface area is 112 Å². The van der Waals surface area contributed by atoms with E-state index in [-0.39, 0.29) is 11.7 Å². The zero-order valence-corrected chi connectivity index (χ0v) is 11.1. The molecule has 1 heterocycles. The first-order valence-electron chi connectivity index (χ1n) is 6.68. The summed E-state index contributed by atoms with van der Waals surface area (Å²) in [6.45, 7) is 2.43. The number of aliphatic hydroxyl groups is 1. The first-order chi connectivity index (χ1) is 9.08. The highest BCUT2D eigenvalue weighted by Gasteiger charge is 2.21. The third kappa shape index (κ3) is 3.44. The zero-order valence-electron chi connectivity index (χ0n) is 11.1. The van der Waals surface area contributed by atoms with Crippen LogP contribution in [0.4, 0.5) is 5.82 Å². The Bertz CT molecular complexity index is 462. The number of aromatic carboxylic acids is 1. The number of hydrogen-bond acceptors (Lipinski definition) is 4. The lowest BCUT2D eigenvalue weighted by atomic mass is 9.87. The number of rotatable bonds is 4. The molecule has 0 aromatic carbocycles. The predicted octanol–water partition coefficient (Wildman–Crippen LogP) is 2.05. The maximum Gasteiger partial charge on any atom is 0.339 e. The first kappa shape index (κ1) is 13.8. The largest absolute Gasteiger partial charge is 0.478 e. The number of nitrogens with zero attached hydrogens (tertiary/aromatic N) is 1. The maximum atomic E-state index is 11.2. The molecule has 1 saturated carbocycles. The molecule has 0 amide bonds. The van der Waals surface area contributed by atoms with Crippen molar-refractivity contribution in [3.63, 3.8) is 0 Å². The van der Waals surface area contributed by atoms with Crippen LogP contribution in [0.15, 0.2) is 12.3 Å². The Kier molecular flexibility index (Phi) is 4.37. The van der Waals surface area contributed by atoms with Gasteiger partial charge in [-0.05, 0) is 43.7 Å². The Morgan fingerprint density at radius 2 is 2.32 bits per heavy atom. The van der Waals surface area contributed by atoms with Crippen LogP contribution < -0.4 is 5.32 Å². The quantitative estimate of drug-likeness (QED) is 0.775. The molecule has 1 aliphatic carbocycles. The Morgan fingerprint density at radius 1 is 1.53 bits per heavy atom.